The minimum absolute atomic E-state index is 0.00838. The smallest absolute Gasteiger partial charge is 0.433 e. The Labute approximate surface area is 153 Å². The number of anilines is 1. The first-order chi connectivity index (χ1) is 12.8. The van der Waals surface area contributed by atoms with E-state index in [9.17, 15) is 18.0 Å². The van der Waals surface area contributed by atoms with Crippen molar-refractivity contribution >= 4 is 5.82 Å². The first-order valence-electron chi connectivity index (χ1n) is 8.28. The number of likely N-dealkylation sites (N-methyl/N-ethyl adjacent to an activating group) is 1. The van der Waals surface area contributed by atoms with Crippen molar-refractivity contribution in [2.24, 2.45) is 0 Å². The van der Waals surface area contributed by atoms with Crippen LogP contribution in [0.15, 0.2) is 33.9 Å². The molecule has 0 radical (unpaired) electrons. The zero-order valence-electron chi connectivity index (χ0n) is 14.9. The van der Waals surface area contributed by atoms with Crippen LogP contribution in [0.1, 0.15) is 17.9 Å². The second kappa shape index (κ2) is 7.55. The third kappa shape index (κ3) is 4.38. The zero-order valence-corrected chi connectivity index (χ0v) is 14.9. The average Bonchev–Trinajstić information content (AvgIpc) is 3.09. The van der Waals surface area contributed by atoms with E-state index >= 15 is 0 Å². The Hall–Kier alpha value is -2.62. The molecule has 3 heterocycles. The monoisotopic (exact) mass is 384 g/mol. The van der Waals surface area contributed by atoms with Crippen molar-refractivity contribution in [3.63, 3.8) is 0 Å². The van der Waals surface area contributed by atoms with Gasteiger partial charge in [-0.15, -0.1) is 0 Å². The van der Waals surface area contributed by atoms with E-state index in [0.717, 1.165) is 25.4 Å². The second-order valence-corrected chi connectivity index (χ2v) is 6.33. The van der Waals surface area contributed by atoms with Crippen LogP contribution in [-0.4, -0.2) is 48.2 Å². The summed E-state index contributed by atoms with van der Waals surface area (Å²) in [4.78, 5) is 22.8. The number of methoxy groups -OCH3 is 1. The van der Waals surface area contributed by atoms with Gasteiger partial charge in [0.25, 0.3) is 0 Å². The van der Waals surface area contributed by atoms with Crippen LogP contribution in [0.4, 0.5) is 19.0 Å². The zero-order chi connectivity index (χ0) is 19.6. The van der Waals surface area contributed by atoms with Gasteiger partial charge in [0.05, 0.1) is 13.7 Å². The third-order valence-corrected chi connectivity index (χ3v) is 4.55. The van der Waals surface area contributed by atoms with Crippen LogP contribution >= 0.6 is 0 Å². The van der Waals surface area contributed by atoms with Crippen molar-refractivity contribution in [3.05, 3.63) is 46.4 Å². The van der Waals surface area contributed by atoms with E-state index in [1.54, 1.807) is 11.9 Å². The molecule has 0 aliphatic carbocycles. The lowest BCUT2D eigenvalue weighted by Gasteiger charge is -2.26. The molecule has 2 aromatic heterocycles. The molecule has 1 fully saturated rings. The average molecular weight is 384 g/mol. The Morgan fingerprint density at radius 1 is 1.37 bits per heavy atom. The van der Waals surface area contributed by atoms with Crippen LogP contribution in [0.3, 0.4) is 0 Å². The van der Waals surface area contributed by atoms with Gasteiger partial charge >= 0.3 is 6.18 Å². The Kier molecular flexibility index (Phi) is 5.36. The maximum Gasteiger partial charge on any atom is 0.433 e. The molecule has 7 nitrogen and oxygen atoms in total. The van der Waals surface area contributed by atoms with Gasteiger partial charge in [-0.2, -0.15) is 13.2 Å². The Balaban J connectivity index is 1.65. The predicted octanol–water partition coefficient (Wildman–Crippen LogP) is 2.17. The molecule has 0 spiro atoms. The molecule has 1 unspecified atom stereocenters. The summed E-state index contributed by atoms with van der Waals surface area (Å²) in [6, 6.07) is 2.33. The summed E-state index contributed by atoms with van der Waals surface area (Å²) in [6.45, 7) is 1.76. The molecule has 0 bridgehead atoms. The van der Waals surface area contributed by atoms with E-state index in [1.165, 1.54) is 19.4 Å². The van der Waals surface area contributed by atoms with Gasteiger partial charge in [-0.25, -0.2) is 9.97 Å². The number of rotatable bonds is 5. The molecular formula is C17H19F3N4O3. The van der Waals surface area contributed by atoms with Crippen LogP contribution in [-0.2, 0) is 12.7 Å². The van der Waals surface area contributed by atoms with Gasteiger partial charge in [-0.05, 0) is 6.42 Å². The fourth-order valence-corrected chi connectivity index (χ4v) is 3.04. The first-order valence-corrected chi connectivity index (χ1v) is 8.28. The Morgan fingerprint density at radius 3 is 2.81 bits per heavy atom. The number of aromatic nitrogens is 2. The first kappa shape index (κ1) is 19.2. The fraction of sp³-hybridized carbons (Fsp3) is 0.471. The molecule has 3 rings (SSSR count). The molecule has 0 saturated carbocycles. The molecule has 1 atom stereocenters. The topological polar surface area (TPSA) is 71.7 Å². The van der Waals surface area contributed by atoms with E-state index in [2.05, 4.69) is 14.9 Å². The number of halogens is 3. The van der Waals surface area contributed by atoms with E-state index in [4.69, 9.17) is 9.15 Å². The molecule has 1 aliphatic rings. The highest BCUT2D eigenvalue weighted by Crippen LogP contribution is 2.30. The van der Waals surface area contributed by atoms with Crippen molar-refractivity contribution in [3.8, 4) is 5.75 Å². The summed E-state index contributed by atoms with van der Waals surface area (Å²) < 4.78 is 48.8. The quantitative estimate of drug-likeness (QED) is 0.782. The summed E-state index contributed by atoms with van der Waals surface area (Å²) in [7, 11) is 3.11. The van der Waals surface area contributed by atoms with Gasteiger partial charge in [0.2, 0.25) is 11.2 Å². The molecular weight excluding hydrogens is 365 g/mol. The van der Waals surface area contributed by atoms with Gasteiger partial charge in [0, 0.05) is 38.3 Å². The van der Waals surface area contributed by atoms with E-state index < -0.39 is 11.9 Å². The normalized spacial score (nSPS) is 17.9. The highest BCUT2D eigenvalue weighted by atomic mass is 19.4. The standard InChI is InChI=1S/C17H19F3N4O3/c1-23(16-6-15(17(18,19)20)21-10-22-16)11-3-4-24(7-11)8-12-5-13(25)14(26-2)9-27-12/h5-6,9-11H,3-4,7-8H2,1-2H3. The molecule has 0 aromatic carbocycles. The van der Waals surface area contributed by atoms with E-state index in [-0.39, 0.29) is 23.0 Å². The van der Waals surface area contributed by atoms with Crippen LogP contribution in [0.2, 0.25) is 0 Å². The number of nitrogens with zero attached hydrogens (tertiary/aromatic N) is 4. The Bertz CT molecular complexity index is 856. The summed E-state index contributed by atoms with van der Waals surface area (Å²) in [5.74, 6) is 0.868. The molecule has 0 N–H and O–H groups in total. The minimum Gasteiger partial charge on any atom is -0.490 e. The van der Waals surface area contributed by atoms with Gasteiger partial charge in [0.1, 0.15) is 29.9 Å². The van der Waals surface area contributed by atoms with Crippen molar-refractivity contribution in [1.29, 1.82) is 0 Å². The van der Waals surface area contributed by atoms with Gasteiger partial charge in [0.15, 0.2) is 0 Å². The summed E-state index contributed by atoms with van der Waals surface area (Å²) >= 11 is 0. The molecule has 146 valence electrons. The SMILES string of the molecule is COc1coc(CN2CCC(N(C)c3cc(C(F)(F)F)ncn3)C2)cc1=O. The number of likely N-dealkylation sites (tertiary alicyclic amines) is 1. The number of ether oxygens (including phenoxy) is 1. The second-order valence-electron chi connectivity index (χ2n) is 6.33. The van der Waals surface area contributed by atoms with Gasteiger partial charge in [-0.1, -0.05) is 0 Å². The van der Waals surface area contributed by atoms with Crippen LogP contribution in [0, 0.1) is 0 Å². The largest absolute Gasteiger partial charge is 0.490 e. The lowest BCUT2D eigenvalue weighted by molar-refractivity contribution is -0.141. The summed E-state index contributed by atoms with van der Waals surface area (Å²) in [5, 5.41) is 0. The highest BCUT2D eigenvalue weighted by Gasteiger charge is 2.34. The maximum absolute atomic E-state index is 12.8. The predicted molar refractivity (Wildman–Crippen MR) is 90.6 cm³/mol. The highest BCUT2D eigenvalue weighted by molar-refractivity contribution is 5.40. The third-order valence-electron chi connectivity index (χ3n) is 4.55. The number of alkyl halides is 3. The van der Waals surface area contributed by atoms with Crippen LogP contribution in [0.5, 0.6) is 5.75 Å². The molecule has 2 aromatic rings. The van der Waals surface area contributed by atoms with Crippen molar-refractivity contribution in [2.75, 3.05) is 32.1 Å². The lowest BCUT2D eigenvalue weighted by Crippen LogP contribution is -2.35. The molecule has 1 aliphatic heterocycles. The lowest BCUT2D eigenvalue weighted by atomic mass is 10.2. The molecule has 0 amide bonds. The van der Waals surface area contributed by atoms with Crippen molar-refractivity contribution < 1.29 is 22.3 Å². The fourth-order valence-electron chi connectivity index (χ4n) is 3.04. The number of hydrogen-bond acceptors (Lipinski definition) is 7. The maximum atomic E-state index is 12.8. The molecule has 10 heteroatoms. The summed E-state index contributed by atoms with van der Waals surface area (Å²) in [6.07, 6.45) is -1.56. The van der Waals surface area contributed by atoms with Crippen LogP contribution in [0.25, 0.3) is 0 Å². The summed E-state index contributed by atoms with van der Waals surface area (Å²) in [5.41, 5.74) is -1.22. The van der Waals surface area contributed by atoms with E-state index in [1.807, 2.05) is 0 Å². The molecule has 27 heavy (non-hydrogen) atoms. The van der Waals surface area contributed by atoms with Crippen LogP contribution < -0.4 is 15.1 Å². The van der Waals surface area contributed by atoms with Crippen molar-refractivity contribution in [2.45, 2.75) is 25.2 Å². The molecule has 1 saturated heterocycles. The number of hydrogen-bond donors (Lipinski definition) is 0. The van der Waals surface area contributed by atoms with Gasteiger partial charge in [-0.3, -0.25) is 9.69 Å². The van der Waals surface area contributed by atoms with E-state index in [0.29, 0.717) is 18.8 Å². The van der Waals surface area contributed by atoms with Crippen molar-refractivity contribution in [1.82, 2.24) is 14.9 Å². The van der Waals surface area contributed by atoms with Gasteiger partial charge < -0.3 is 14.1 Å². The minimum atomic E-state index is -4.51. The Morgan fingerprint density at radius 2 is 2.15 bits per heavy atom.